The summed E-state index contributed by atoms with van der Waals surface area (Å²) in [6, 6.07) is 7.92. The number of hydrogen-bond donors (Lipinski definition) is 3. The lowest BCUT2D eigenvalue weighted by atomic mass is 9.91. The Morgan fingerprint density at radius 1 is 1.18 bits per heavy atom. The van der Waals surface area contributed by atoms with Gasteiger partial charge in [-0.1, -0.05) is 6.07 Å². The van der Waals surface area contributed by atoms with Crippen LogP contribution in [0.25, 0.3) is 0 Å². The number of urea groups is 1. The number of carbonyl (C=O) groups is 2. The van der Waals surface area contributed by atoms with Crippen molar-refractivity contribution in [3.8, 4) is 6.07 Å². The zero-order valence-corrected chi connectivity index (χ0v) is 20.6. The van der Waals surface area contributed by atoms with Crippen LogP contribution in [0.15, 0.2) is 36.4 Å². The zero-order chi connectivity index (χ0) is 27.9. The molecule has 204 valence electrons. The molecule has 2 aromatic rings. The predicted molar refractivity (Wildman–Crippen MR) is 128 cm³/mol. The fourth-order valence-corrected chi connectivity index (χ4v) is 4.42. The maximum Gasteiger partial charge on any atom is 0.416 e. The molecular weight excluding hydrogens is 508 g/mol. The first-order valence-corrected chi connectivity index (χ1v) is 12.0. The molecule has 1 saturated heterocycles. The molecular formula is C26H28F4N4O4. The van der Waals surface area contributed by atoms with E-state index >= 15 is 0 Å². The molecule has 3 rings (SSSR count). The molecule has 0 aromatic heterocycles. The van der Waals surface area contributed by atoms with Crippen molar-refractivity contribution in [2.45, 2.75) is 44.5 Å². The molecule has 1 aliphatic heterocycles. The number of alkyl carbamates (subject to hydrolysis) is 1. The lowest BCUT2D eigenvalue weighted by molar-refractivity contribution is -0.137. The number of nitrogens with zero attached hydrogens (tertiary/aromatic N) is 2. The number of rotatable bonds is 7. The fraction of sp³-hybridized carbons (Fsp3) is 0.423. The van der Waals surface area contributed by atoms with E-state index in [0.717, 1.165) is 12.1 Å². The summed E-state index contributed by atoms with van der Waals surface area (Å²) in [5.41, 5.74) is 0.463. The molecule has 3 amide bonds. The summed E-state index contributed by atoms with van der Waals surface area (Å²) in [4.78, 5) is 26.6. The van der Waals surface area contributed by atoms with Crippen LogP contribution in [0.3, 0.4) is 0 Å². The fourth-order valence-electron chi connectivity index (χ4n) is 4.42. The largest absolute Gasteiger partial charge is 0.446 e. The number of likely N-dealkylation sites (tertiary alicyclic amines) is 1. The lowest BCUT2D eigenvalue weighted by Crippen LogP contribution is -2.49. The van der Waals surface area contributed by atoms with Crippen LogP contribution in [-0.4, -0.2) is 54.5 Å². The van der Waals surface area contributed by atoms with Crippen LogP contribution in [0.2, 0.25) is 0 Å². The topological polar surface area (TPSA) is 115 Å². The number of nitrogens with one attached hydrogen (secondary N) is 2. The van der Waals surface area contributed by atoms with E-state index in [2.05, 4.69) is 10.6 Å². The van der Waals surface area contributed by atoms with Crippen molar-refractivity contribution in [3.05, 3.63) is 70.0 Å². The van der Waals surface area contributed by atoms with Gasteiger partial charge in [0.05, 0.1) is 29.8 Å². The van der Waals surface area contributed by atoms with Crippen LogP contribution in [0.1, 0.15) is 46.7 Å². The SMILES string of the molecule is Cc1cc(F)ccc1[C@H]1C[C@@H](OC(=O)NCCO)CCN1C(=O)NCCc1cc(C#N)cc(C(F)(F)F)c1. The van der Waals surface area contributed by atoms with E-state index in [4.69, 9.17) is 15.1 Å². The minimum absolute atomic E-state index is 0.0140. The monoisotopic (exact) mass is 536 g/mol. The molecule has 0 saturated carbocycles. The number of piperidine rings is 1. The minimum Gasteiger partial charge on any atom is -0.446 e. The molecule has 0 aliphatic carbocycles. The van der Waals surface area contributed by atoms with Crippen LogP contribution in [0, 0.1) is 24.1 Å². The molecule has 1 fully saturated rings. The van der Waals surface area contributed by atoms with Crippen molar-refractivity contribution in [2.75, 3.05) is 26.2 Å². The van der Waals surface area contributed by atoms with E-state index < -0.39 is 41.8 Å². The number of amides is 3. The van der Waals surface area contributed by atoms with Gasteiger partial charge in [-0.25, -0.2) is 14.0 Å². The second kappa shape index (κ2) is 12.6. The Labute approximate surface area is 217 Å². The minimum atomic E-state index is -4.60. The van der Waals surface area contributed by atoms with Crippen LogP contribution in [0.5, 0.6) is 0 Å². The number of aliphatic hydroxyl groups excluding tert-OH is 1. The Morgan fingerprint density at radius 3 is 2.61 bits per heavy atom. The van der Waals surface area contributed by atoms with Crippen molar-refractivity contribution >= 4 is 12.1 Å². The van der Waals surface area contributed by atoms with Gasteiger partial charge in [0, 0.05) is 32.5 Å². The third-order valence-electron chi connectivity index (χ3n) is 6.20. The molecule has 0 spiro atoms. The van der Waals surface area contributed by atoms with Gasteiger partial charge in [0.2, 0.25) is 0 Å². The smallest absolute Gasteiger partial charge is 0.416 e. The van der Waals surface area contributed by atoms with Crippen LogP contribution in [0.4, 0.5) is 27.2 Å². The molecule has 1 heterocycles. The highest BCUT2D eigenvalue weighted by molar-refractivity contribution is 5.75. The normalized spacial score (nSPS) is 17.4. The third kappa shape index (κ3) is 7.58. The Morgan fingerprint density at radius 2 is 1.95 bits per heavy atom. The number of aliphatic hydroxyl groups is 1. The maximum atomic E-state index is 13.7. The Hall–Kier alpha value is -3.85. The van der Waals surface area contributed by atoms with Gasteiger partial charge in [-0.05, 0) is 60.4 Å². The van der Waals surface area contributed by atoms with Crippen LogP contribution < -0.4 is 10.6 Å². The van der Waals surface area contributed by atoms with E-state index in [1.54, 1.807) is 19.1 Å². The third-order valence-corrected chi connectivity index (χ3v) is 6.20. The quantitative estimate of drug-likeness (QED) is 0.459. The average Bonchev–Trinajstić information content (AvgIpc) is 2.86. The second-order valence-corrected chi connectivity index (χ2v) is 8.92. The Balaban J connectivity index is 1.72. The number of carbonyl (C=O) groups excluding carboxylic acids is 2. The van der Waals surface area contributed by atoms with Crippen molar-refractivity contribution in [2.24, 2.45) is 0 Å². The standard InChI is InChI=1S/C26H28F4N4O4/c1-16-10-20(27)2-3-22(16)23-14-21(38-25(37)33-7-9-35)5-8-34(23)24(36)32-6-4-17-11-18(15-31)13-19(12-17)26(28,29)30/h2-3,10-13,21,23,35H,4-9,14H2,1H3,(H,32,36)(H,33,37)/t21-,23+/m0/s1. The van der Waals surface area contributed by atoms with Crippen LogP contribution in [-0.2, 0) is 17.3 Å². The summed E-state index contributed by atoms with van der Waals surface area (Å²) in [6.45, 7) is 1.70. The van der Waals surface area contributed by atoms with Gasteiger partial charge in [-0.3, -0.25) is 0 Å². The maximum absolute atomic E-state index is 13.7. The molecule has 0 unspecified atom stereocenters. The number of alkyl halides is 3. The average molecular weight is 537 g/mol. The molecule has 0 bridgehead atoms. The second-order valence-electron chi connectivity index (χ2n) is 8.92. The van der Waals surface area contributed by atoms with E-state index in [9.17, 15) is 27.2 Å². The van der Waals surface area contributed by atoms with Gasteiger partial charge in [-0.2, -0.15) is 18.4 Å². The molecule has 1 aliphatic rings. The molecule has 8 nitrogen and oxygen atoms in total. The highest BCUT2D eigenvalue weighted by Crippen LogP contribution is 2.35. The summed E-state index contributed by atoms with van der Waals surface area (Å²) in [7, 11) is 0. The van der Waals surface area contributed by atoms with E-state index in [-0.39, 0.29) is 50.2 Å². The first kappa shape index (κ1) is 28.7. The van der Waals surface area contributed by atoms with Gasteiger partial charge in [0.25, 0.3) is 0 Å². The molecule has 12 heteroatoms. The number of aryl methyl sites for hydroxylation is 1. The summed E-state index contributed by atoms with van der Waals surface area (Å²) >= 11 is 0. The number of benzene rings is 2. The number of halogens is 4. The first-order valence-electron chi connectivity index (χ1n) is 12.0. The summed E-state index contributed by atoms with van der Waals surface area (Å²) < 4.78 is 58.6. The molecule has 2 aromatic carbocycles. The highest BCUT2D eigenvalue weighted by Gasteiger charge is 2.35. The molecule has 38 heavy (non-hydrogen) atoms. The van der Waals surface area contributed by atoms with Gasteiger partial charge in [-0.15, -0.1) is 0 Å². The zero-order valence-electron chi connectivity index (χ0n) is 20.6. The van der Waals surface area contributed by atoms with E-state index in [0.29, 0.717) is 17.5 Å². The van der Waals surface area contributed by atoms with Crippen molar-refractivity contribution in [1.82, 2.24) is 15.5 Å². The predicted octanol–water partition coefficient (Wildman–Crippen LogP) is 4.20. The van der Waals surface area contributed by atoms with Crippen molar-refractivity contribution < 1.29 is 37.0 Å². The summed E-state index contributed by atoms with van der Waals surface area (Å²) in [6.07, 6.45) is -5.21. The van der Waals surface area contributed by atoms with E-state index in [1.165, 1.54) is 23.1 Å². The number of nitriles is 1. The van der Waals surface area contributed by atoms with Gasteiger partial charge in [0.1, 0.15) is 11.9 Å². The summed E-state index contributed by atoms with van der Waals surface area (Å²) in [5.74, 6) is -0.438. The Kier molecular flexibility index (Phi) is 9.52. The molecule has 3 N–H and O–H groups in total. The van der Waals surface area contributed by atoms with Crippen molar-refractivity contribution in [3.63, 3.8) is 0 Å². The number of ether oxygens (including phenoxy) is 1. The molecule has 0 radical (unpaired) electrons. The molecule has 2 atom stereocenters. The van der Waals surface area contributed by atoms with E-state index in [1.807, 2.05) is 0 Å². The summed E-state index contributed by atoms with van der Waals surface area (Å²) in [5, 5.41) is 23.1. The van der Waals surface area contributed by atoms with Gasteiger partial charge < -0.3 is 25.4 Å². The highest BCUT2D eigenvalue weighted by atomic mass is 19.4. The van der Waals surface area contributed by atoms with Crippen molar-refractivity contribution in [1.29, 1.82) is 5.26 Å². The number of hydrogen-bond acceptors (Lipinski definition) is 5. The van der Waals surface area contributed by atoms with Gasteiger partial charge >= 0.3 is 18.3 Å². The first-order chi connectivity index (χ1) is 18.0. The van der Waals surface area contributed by atoms with Crippen LogP contribution >= 0.6 is 0 Å². The van der Waals surface area contributed by atoms with Gasteiger partial charge in [0.15, 0.2) is 0 Å². The Bertz CT molecular complexity index is 1200. The lowest BCUT2D eigenvalue weighted by Gasteiger charge is -2.40.